The van der Waals surface area contributed by atoms with Gasteiger partial charge in [-0.15, -0.1) is 10.2 Å². The van der Waals surface area contributed by atoms with E-state index in [9.17, 15) is 0 Å². The maximum atomic E-state index is 5.96. The first-order valence-electron chi connectivity index (χ1n) is 6.97. The van der Waals surface area contributed by atoms with Gasteiger partial charge in [0.2, 0.25) is 10.8 Å². The van der Waals surface area contributed by atoms with Crippen molar-refractivity contribution < 1.29 is 4.42 Å². The van der Waals surface area contributed by atoms with Crippen LogP contribution in [-0.2, 0) is 6.42 Å². The maximum Gasteiger partial charge on any atom is 0.235 e. The number of aryl methyl sites for hydroxylation is 2. The molecule has 0 bridgehead atoms. The Kier molecular flexibility index (Phi) is 2.78. The Bertz CT molecular complexity index is 934. The minimum absolute atomic E-state index is 0.678. The average molecular weight is 298 g/mol. The molecule has 21 heavy (non-hydrogen) atoms. The van der Waals surface area contributed by atoms with Gasteiger partial charge in [-0.05, 0) is 19.4 Å². The molecule has 1 aromatic carbocycles. The van der Waals surface area contributed by atoms with Crippen LogP contribution in [0.5, 0.6) is 0 Å². The summed E-state index contributed by atoms with van der Waals surface area (Å²) in [5.74, 6) is 1.43. The number of hydrogen-bond donors (Lipinski definition) is 0. The normalized spacial score (nSPS) is 11.7. The molecule has 0 aliphatic carbocycles. The molecule has 0 fully saturated rings. The van der Waals surface area contributed by atoms with Crippen molar-refractivity contribution >= 4 is 27.3 Å². The molecule has 5 nitrogen and oxygen atoms in total. The van der Waals surface area contributed by atoms with Gasteiger partial charge in [-0.2, -0.15) is 9.61 Å². The molecular formula is C15H14N4OS. The highest BCUT2D eigenvalue weighted by Gasteiger charge is 2.19. The van der Waals surface area contributed by atoms with Crippen LogP contribution in [0.1, 0.15) is 23.9 Å². The number of para-hydroxylation sites is 1. The lowest BCUT2D eigenvalue weighted by Gasteiger charge is -1.93. The van der Waals surface area contributed by atoms with Gasteiger partial charge in [0, 0.05) is 17.4 Å². The van der Waals surface area contributed by atoms with Crippen LogP contribution in [0.2, 0.25) is 0 Å². The second kappa shape index (κ2) is 4.66. The topological polar surface area (TPSA) is 56.2 Å². The third-order valence-corrected chi connectivity index (χ3v) is 4.50. The van der Waals surface area contributed by atoms with Crippen LogP contribution >= 0.6 is 11.3 Å². The van der Waals surface area contributed by atoms with Crippen LogP contribution < -0.4 is 0 Å². The Morgan fingerprint density at radius 1 is 1.24 bits per heavy atom. The van der Waals surface area contributed by atoms with Gasteiger partial charge < -0.3 is 4.42 Å². The summed E-state index contributed by atoms with van der Waals surface area (Å²) in [5.41, 5.74) is 1.94. The highest BCUT2D eigenvalue weighted by Crippen LogP contribution is 2.32. The summed E-state index contributed by atoms with van der Waals surface area (Å²) < 4.78 is 7.75. The molecule has 0 aliphatic heterocycles. The molecule has 4 rings (SSSR count). The quantitative estimate of drug-likeness (QED) is 0.576. The van der Waals surface area contributed by atoms with Crippen LogP contribution in [0.4, 0.5) is 0 Å². The summed E-state index contributed by atoms with van der Waals surface area (Å²) >= 11 is 1.59. The molecule has 0 saturated carbocycles. The van der Waals surface area contributed by atoms with Gasteiger partial charge in [0.15, 0.2) is 5.76 Å². The third kappa shape index (κ3) is 1.86. The molecule has 0 amide bonds. The second-order valence-corrected chi connectivity index (χ2v) is 6.06. The molecule has 0 spiro atoms. The maximum absolute atomic E-state index is 5.96. The van der Waals surface area contributed by atoms with E-state index in [2.05, 4.69) is 28.3 Å². The number of rotatable bonds is 3. The summed E-state index contributed by atoms with van der Waals surface area (Å²) in [6, 6.07) is 8.00. The molecule has 0 N–H and O–H groups in total. The lowest BCUT2D eigenvalue weighted by Crippen LogP contribution is -1.92. The third-order valence-electron chi connectivity index (χ3n) is 3.54. The van der Waals surface area contributed by atoms with E-state index in [1.54, 1.807) is 15.9 Å². The Balaban J connectivity index is 1.93. The first-order valence-corrected chi connectivity index (χ1v) is 7.79. The molecule has 3 aromatic heterocycles. The number of nitrogens with zero attached hydrogens (tertiary/aromatic N) is 4. The first kappa shape index (κ1) is 12.5. The van der Waals surface area contributed by atoms with E-state index >= 15 is 0 Å². The van der Waals surface area contributed by atoms with Gasteiger partial charge in [0.1, 0.15) is 10.6 Å². The first-order chi connectivity index (χ1) is 10.3. The Hall–Kier alpha value is -2.21. The lowest BCUT2D eigenvalue weighted by molar-refractivity contribution is 0.618. The minimum atomic E-state index is 0.678. The van der Waals surface area contributed by atoms with Crippen molar-refractivity contribution in [3.05, 3.63) is 34.8 Å². The zero-order valence-electron chi connectivity index (χ0n) is 11.8. The predicted octanol–water partition coefficient (Wildman–Crippen LogP) is 3.86. The Morgan fingerprint density at radius 3 is 2.90 bits per heavy atom. The van der Waals surface area contributed by atoms with Crippen LogP contribution in [-0.4, -0.2) is 19.8 Å². The van der Waals surface area contributed by atoms with Crippen molar-refractivity contribution in [1.29, 1.82) is 0 Å². The summed E-state index contributed by atoms with van der Waals surface area (Å²) in [6.07, 6.45) is 2.04. The summed E-state index contributed by atoms with van der Waals surface area (Å²) in [5, 5.41) is 15.3. The van der Waals surface area contributed by atoms with Crippen LogP contribution in [0, 0.1) is 6.92 Å². The highest BCUT2D eigenvalue weighted by atomic mass is 32.1. The molecule has 106 valence electrons. The fourth-order valence-electron chi connectivity index (χ4n) is 2.50. The highest BCUT2D eigenvalue weighted by molar-refractivity contribution is 7.16. The molecule has 6 heteroatoms. The number of benzene rings is 1. The van der Waals surface area contributed by atoms with E-state index in [4.69, 9.17) is 4.42 Å². The fraction of sp³-hybridized carbons (Fsp3) is 0.267. The molecule has 0 atom stereocenters. The zero-order chi connectivity index (χ0) is 14.4. The molecule has 3 heterocycles. The average Bonchev–Trinajstić information content (AvgIpc) is 3.13. The lowest BCUT2D eigenvalue weighted by atomic mass is 10.1. The Labute approximate surface area is 125 Å². The van der Waals surface area contributed by atoms with E-state index in [-0.39, 0.29) is 0 Å². The fourth-order valence-corrected chi connectivity index (χ4v) is 3.44. The summed E-state index contributed by atoms with van der Waals surface area (Å²) in [6.45, 7) is 4.19. The van der Waals surface area contributed by atoms with Gasteiger partial charge in [0.05, 0.1) is 0 Å². The van der Waals surface area contributed by atoms with Crippen molar-refractivity contribution in [2.45, 2.75) is 26.7 Å². The molecule has 0 aliphatic rings. The molecule has 4 aromatic rings. The van der Waals surface area contributed by atoms with Gasteiger partial charge >= 0.3 is 0 Å². The van der Waals surface area contributed by atoms with Crippen LogP contribution in [0.25, 0.3) is 27.5 Å². The Morgan fingerprint density at radius 2 is 2.10 bits per heavy atom. The number of aromatic nitrogens is 4. The molecular weight excluding hydrogens is 284 g/mol. The van der Waals surface area contributed by atoms with E-state index in [0.29, 0.717) is 5.82 Å². The van der Waals surface area contributed by atoms with E-state index < -0.39 is 0 Å². The molecule has 0 radical (unpaired) electrons. The monoisotopic (exact) mass is 298 g/mol. The van der Waals surface area contributed by atoms with Crippen molar-refractivity contribution in [2.24, 2.45) is 0 Å². The van der Waals surface area contributed by atoms with Crippen molar-refractivity contribution in [2.75, 3.05) is 0 Å². The van der Waals surface area contributed by atoms with Crippen molar-refractivity contribution in [1.82, 2.24) is 19.8 Å². The van der Waals surface area contributed by atoms with E-state index in [1.165, 1.54) is 0 Å². The van der Waals surface area contributed by atoms with Gasteiger partial charge in [0.25, 0.3) is 0 Å². The molecule has 0 saturated heterocycles. The SMILES string of the molecule is CCCc1nn2c(-c3oc4ccccc4c3C)nnc2s1. The van der Waals surface area contributed by atoms with Crippen molar-refractivity contribution in [3.8, 4) is 11.6 Å². The summed E-state index contributed by atoms with van der Waals surface area (Å²) in [4.78, 5) is 0.813. The number of hydrogen-bond acceptors (Lipinski definition) is 5. The van der Waals surface area contributed by atoms with Gasteiger partial charge in [-0.3, -0.25) is 0 Å². The van der Waals surface area contributed by atoms with Crippen LogP contribution in [0.15, 0.2) is 28.7 Å². The smallest absolute Gasteiger partial charge is 0.235 e. The predicted molar refractivity (Wildman–Crippen MR) is 82.6 cm³/mol. The largest absolute Gasteiger partial charge is 0.452 e. The zero-order valence-corrected chi connectivity index (χ0v) is 12.6. The number of furan rings is 1. The van der Waals surface area contributed by atoms with Gasteiger partial charge in [-0.1, -0.05) is 36.5 Å². The van der Waals surface area contributed by atoms with E-state index in [0.717, 1.165) is 45.1 Å². The summed E-state index contributed by atoms with van der Waals surface area (Å²) in [7, 11) is 0. The standard InChI is InChI=1S/C15H14N4OS/c1-3-6-12-18-19-14(16-17-15(19)21-12)13-9(2)10-7-4-5-8-11(10)20-13/h4-5,7-8H,3,6H2,1-2H3. The minimum Gasteiger partial charge on any atom is -0.452 e. The van der Waals surface area contributed by atoms with Crippen molar-refractivity contribution in [3.63, 3.8) is 0 Å². The van der Waals surface area contributed by atoms with Gasteiger partial charge in [-0.25, -0.2) is 0 Å². The van der Waals surface area contributed by atoms with E-state index in [1.807, 2.05) is 25.1 Å². The number of fused-ring (bicyclic) bond motifs is 2. The molecule has 0 unspecified atom stereocenters. The van der Waals surface area contributed by atoms with Crippen LogP contribution in [0.3, 0.4) is 0 Å². The second-order valence-electron chi connectivity index (χ2n) is 5.02.